The summed E-state index contributed by atoms with van der Waals surface area (Å²) in [6, 6.07) is 4.33. The van der Waals surface area contributed by atoms with Gasteiger partial charge in [-0.25, -0.2) is 28.9 Å². The molecule has 3 amide bonds. The molecular weight excluding hydrogens is 900 g/mol. The summed E-state index contributed by atoms with van der Waals surface area (Å²) in [4.78, 5) is 63.7. The van der Waals surface area contributed by atoms with Gasteiger partial charge in [0, 0.05) is 66.4 Å². The molecule has 16 nitrogen and oxygen atoms in total. The summed E-state index contributed by atoms with van der Waals surface area (Å²) in [7, 11) is 1.26. The van der Waals surface area contributed by atoms with Crippen LogP contribution in [0.25, 0.3) is 34.7 Å². The van der Waals surface area contributed by atoms with Crippen LogP contribution in [0, 0.1) is 41.8 Å². The third-order valence-electron chi connectivity index (χ3n) is 14.2. The number of methoxy groups -OCH3 is 1. The molecule has 4 aliphatic rings. The van der Waals surface area contributed by atoms with Crippen LogP contribution >= 0.6 is 11.3 Å². The van der Waals surface area contributed by atoms with Gasteiger partial charge in [0.1, 0.15) is 29.3 Å². The maximum atomic E-state index is 17.0. The fourth-order valence-corrected chi connectivity index (χ4v) is 11.3. The van der Waals surface area contributed by atoms with Crippen LogP contribution in [0.4, 0.5) is 14.0 Å². The lowest BCUT2D eigenvalue weighted by atomic mass is 9.97. The Kier molecular flexibility index (Phi) is 13.5. The monoisotopic (exact) mass is 960 g/mol. The topological polar surface area (TPSA) is 196 Å². The van der Waals surface area contributed by atoms with Crippen molar-refractivity contribution in [1.82, 2.24) is 49.9 Å². The quantitative estimate of drug-likeness (QED) is 0.0638. The van der Waals surface area contributed by atoms with Crippen LogP contribution in [0.2, 0.25) is 0 Å². The molecule has 5 aromatic rings. The Morgan fingerprint density at radius 1 is 1.07 bits per heavy atom. The summed E-state index contributed by atoms with van der Waals surface area (Å²) in [6.45, 7) is 13.9. The van der Waals surface area contributed by atoms with E-state index in [1.807, 2.05) is 46.0 Å². The van der Waals surface area contributed by atoms with Gasteiger partial charge in [-0.3, -0.25) is 14.3 Å². The second-order valence-corrected chi connectivity index (χ2v) is 20.8. The molecule has 6 heterocycles. The van der Waals surface area contributed by atoms with E-state index in [-0.39, 0.29) is 54.8 Å². The number of amides is 3. The lowest BCUT2D eigenvalue weighted by molar-refractivity contribution is -0.135. The number of aromatic nitrogens is 6. The maximum absolute atomic E-state index is 17.0. The van der Waals surface area contributed by atoms with Crippen LogP contribution in [-0.2, 0) is 16.1 Å². The Morgan fingerprint density at radius 3 is 2.58 bits per heavy atom. The SMILES string of the molecule is C#CCCN(Cc1ncc(C2C=c3cc4n(c3=CC2)C(c2cnc(C3CC3C)s2)Oc2cc(-c3cnc(C5C(C)CCN5CC(NC(=O)O)C(C)C)[nH]3)cc(F)c2-4)[nH]1)C(=O)C(NC(=O)OC)C(C)C. The van der Waals surface area contributed by atoms with Crippen LogP contribution in [0.15, 0.2) is 36.8 Å². The van der Waals surface area contributed by atoms with Crippen LogP contribution in [0.5, 0.6) is 5.75 Å². The van der Waals surface area contributed by atoms with Gasteiger partial charge in [-0.05, 0) is 72.9 Å². The van der Waals surface area contributed by atoms with E-state index in [0.29, 0.717) is 65.3 Å². The molecule has 4 aromatic heterocycles. The van der Waals surface area contributed by atoms with E-state index >= 15 is 4.39 Å². The summed E-state index contributed by atoms with van der Waals surface area (Å²) in [5.74, 6) is 4.71. The number of halogens is 1. The number of aromatic amines is 2. The number of imidazole rings is 2. The van der Waals surface area contributed by atoms with E-state index in [9.17, 15) is 19.5 Å². The number of hydrogen-bond acceptors (Lipinski definition) is 10. The van der Waals surface area contributed by atoms with Gasteiger partial charge in [-0.2, -0.15) is 0 Å². The number of thiazole rings is 1. The minimum absolute atomic E-state index is 0.0650. The zero-order chi connectivity index (χ0) is 48.8. The van der Waals surface area contributed by atoms with Gasteiger partial charge < -0.3 is 40.1 Å². The summed E-state index contributed by atoms with van der Waals surface area (Å²) in [5.41, 5.74) is 3.17. The number of rotatable bonds is 16. The van der Waals surface area contributed by atoms with Crippen molar-refractivity contribution in [3.8, 4) is 40.6 Å². The third-order valence-corrected chi connectivity index (χ3v) is 15.4. The lowest BCUT2D eigenvalue weighted by Crippen LogP contribution is -2.51. The van der Waals surface area contributed by atoms with Crippen molar-refractivity contribution in [2.24, 2.45) is 23.7 Å². The lowest BCUT2D eigenvalue weighted by Gasteiger charge is -2.31. The standard InChI is InChI=1S/C51H61FN10O6S/c1-9-10-14-61(48(63)44(27(4)5)59-51(66)67-8)25-42-53-21-35(56-42)30-11-12-38-32(17-30)19-39-43-34(52)18-31(20-40(43)68-49(62(38)39)41-23-55-47(69-41)33-16-29(33)7)36-22-54-46(57-36)45-28(6)13-15-60(45)24-37(26(2)3)58-50(64)65/h1,12,17-23,26-30,33,37,44-45,49,58H,10-11,13-16,24-25H2,2-8H3,(H,53,56)(H,54,57)(H,59,66)(H,64,65). The average Bonchev–Trinajstić information content (AvgIpc) is 3.99. The molecule has 0 radical (unpaired) electrons. The van der Waals surface area contributed by atoms with Crippen molar-refractivity contribution >= 4 is 41.6 Å². The number of terminal acetylenes is 1. The van der Waals surface area contributed by atoms with Gasteiger partial charge in [-0.1, -0.05) is 53.7 Å². The molecule has 2 aliphatic carbocycles. The maximum Gasteiger partial charge on any atom is 0.407 e. The fraction of sp³-hybridized carbons (Fsp3) is 0.490. The second-order valence-electron chi connectivity index (χ2n) is 19.7. The Labute approximate surface area is 404 Å². The summed E-state index contributed by atoms with van der Waals surface area (Å²) in [6.07, 6.45) is 16.0. The molecule has 69 heavy (non-hydrogen) atoms. The predicted octanol–water partition coefficient (Wildman–Crippen LogP) is 7.08. The second kappa shape index (κ2) is 19.5. The first-order chi connectivity index (χ1) is 33.1. The van der Waals surface area contributed by atoms with Crippen molar-refractivity contribution in [3.05, 3.63) is 80.4 Å². The number of nitrogens with one attached hydrogen (secondary N) is 4. The van der Waals surface area contributed by atoms with Crippen molar-refractivity contribution < 1.29 is 33.4 Å². The molecule has 364 valence electrons. The number of likely N-dealkylation sites (tertiary alicyclic amines) is 1. The van der Waals surface area contributed by atoms with E-state index in [2.05, 4.69) is 67.0 Å². The normalized spacial score (nSPS) is 22.3. The third kappa shape index (κ3) is 9.63. The average molecular weight is 961 g/mol. The largest absolute Gasteiger partial charge is 0.465 e. The molecular formula is C51H61FN10O6S. The molecule has 1 saturated carbocycles. The minimum atomic E-state index is -1.04. The molecule has 5 N–H and O–H groups in total. The summed E-state index contributed by atoms with van der Waals surface area (Å²) >= 11 is 1.64. The number of ether oxygens (including phenoxy) is 2. The van der Waals surface area contributed by atoms with Gasteiger partial charge in [0.05, 0.1) is 52.7 Å². The van der Waals surface area contributed by atoms with Gasteiger partial charge >= 0.3 is 12.2 Å². The van der Waals surface area contributed by atoms with Crippen LogP contribution in [-0.4, -0.2) is 101 Å². The Balaban J connectivity index is 1.03. The van der Waals surface area contributed by atoms with Gasteiger partial charge in [0.15, 0.2) is 0 Å². The molecule has 8 unspecified atom stereocenters. The van der Waals surface area contributed by atoms with E-state index < -0.39 is 30.3 Å². The number of carboxylic acid groups (broad SMARTS) is 1. The van der Waals surface area contributed by atoms with E-state index in [0.717, 1.165) is 51.4 Å². The number of H-pyrrole nitrogens is 2. The number of nitrogens with zero attached hydrogens (tertiary/aromatic N) is 6. The van der Waals surface area contributed by atoms with Crippen molar-refractivity contribution in [2.75, 3.05) is 26.7 Å². The van der Waals surface area contributed by atoms with Gasteiger partial charge in [0.25, 0.3) is 0 Å². The molecule has 0 bridgehead atoms. The number of fused-ring (bicyclic) bond motifs is 5. The molecule has 8 atom stereocenters. The number of benzene rings is 1. The van der Waals surface area contributed by atoms with Crippen LogP contribution < -0.4 is 25.9 Å². The van der Waals surface area contributed by atoms with Gasteiger partial charge in [0.2, 0.25) is 12.1 Å². The van der Waals surface area contributed by atoms with E-state index in [1.165, 1.54) is 13.2 Å². The van der Waals surface area contributed by atoms with Gasteiger partial charge in [-0.15, -0.1) is 23.7 Å². The molecule has 1 aromatic carbocycles. The number of alkyl carbamates (subject to hydrolysis) is 1. The highest BCUT2D eigenvalue weighted by Crippen LogP contribution is 2.50. The molecule has 2 fully saturated rings. The predicted molar refractivity (Wildman–Crippen MR) is 260 cm³/mol. The van der Waals surface area contributed by atoms with E-state index in [1.54, 1.807) is 28.6 Å². The minimum Gasteiger partial charge on any atom is -0.465 e. The molecule has 0 spiro atoms. The first-order valence-corrected chi connectivity index (χ1v) is 24.7. The zero-order valence-corrected chi connectivity index (χ0v) is 40.9. The number of carbonyl (C=O) groups is 3. The van der Waals surface area contributed by atoms with Crippen molar-refractivity contribution in [3.63, 3.8) is 0 Å². The first kappa shape index (κ1) is 47.6. The highest BCUT2D eigenvalue weighted by Gasteiger charge is 2.40. The Hall–Kier alpha value is -6.45. The summed E-state index contributed by atoms with van der Waals surface area (Å²) in [5, 5.41) is 17.8. The highest BCUT2D eigenvalue weighted by molar-refractivity contribution is 7.11. The molecule has 2 aliphatic heterocycles. The van der Waals surface area contributed by atoms with Crippen molar-refractivity contribution in [1.29, 1.82) is 0 Å². The number of hydrogen-bond donors (Lipinski definition) is 5. The van der Waals surface area contributed by atoms with Crippen molar-refractivity contribution in [2.45, 2.75) is 110 Å². The molecule has 1 saturated heterocycles. The first-order valence-electron chi connectivity index (χ1n) is 23.9. The smallest absolute Gasteiger partial charge is 0.407 e. The highest BCUT2D eigenvalue weighted by atomic mass is 32.1. The number of carbonyl (C=O) groups excluding carboxylic acids is 2. The zero-order valence-electron chi connectivity index (χ0n) is 40.1. The van der Waals surface area contributed by atoms with Crippen LogP contribution in [0.1, 0.15) is 119 Å². The Bertz CT molecular complexity index is 2910. The Morgan fingerprint density at radius 2 is 1.87 bits per heavy atom. The fourth-order valence-electron chi connectivity index (χ4n) is 10.1. The summed E-state index contributed by atoms with van der Waals surface area (Å²) < 4.78 is 30.8. The van der Waals surface area contributed by atoms with E-state index in [4.69, 9.17) is 25.9 Å². The molecule has 18 heteroatoms. The molecule has 9 rings (SSSR count). The van der Waals surface area contributed by atoms with Crippen LogP contribution in [0.3, 0.4) is 0 Å².